The van der Waals surface area contributed by atoms with E-state index in [0.29, 0.717) is 17.0 Å². The lowest BCUT2D eigenvalue weighted by Gasteiger charge is -2.11. The highest BCUT2D eigenvalue weighted by molar-refractivity contribution is 5.95. The number of hydrogen-bond acceptors (Lipinski definition) is 4. The number of ether oxygens (including phenoxy) is 2. The van der Waals surface area contributed by atoms with E-state index in [1.165, 1.54) is 7.11 Å². The molecule has 0 radical (unpaired) electrons. The maximum absolute atomic E-state index is 11.3. The predicted octanol–water partition coefficient (Wildman–Crippen LogP) is 1.84. The number of hydrogen-bond donors (Lipinski definition) is 1. The van der Waals surface area contributed by atoms with Gasteiger partial charge >= 0.3 is 5.97 Å². The molecule has 4 nitrogen and oxygen atoms in total. The summed E-state index contributed by atoms with van der Waals surface area (Å²) >= 11 is 0. The Morgan fingerprint density at radius 1 is 1.40 bits per heavy atom. The Kier molecular flexibility index (Phi) is 3.55. The van der Waals surface area contributed by atoms with E-state index < -0.39 is 5.97 Å². The van der Waals surface area contributed by atoms with Crippen molar-refractivity contribution in [1.82, 2.24) is 0 Å². The van der Waals surface area contributed by atoms with E-state index in [1.54, 1.807) is 18.2 Å². The fourth-order valence-electron chi connectivity index (χ4n) is 1.17. The van der Waals surface area contributed by atoms with Crippen molar-refractivity contribution >= 4 is 11.7 Å². The summed E-state index contributed by atoms with van der Waals surface area (Å²) in [5.74, 6) is 0.154. The van der Waals surface area contributed by atoms with Crippen molar-refractivity contribution in [2.45, 2.75) is 20.0 Å². The smallest absolute Gasteiger partial charge is 0.340 e. The zero-order valence-corrected chi connectivity index (χ0v) is 9.11. The van der Waals surface area contributed by atoms with Gasteiger partial charge in [0.05, 0.1) is 18.8 Å². The Morgan fingerprint density at radius 3 is 2.60 bits per heavy atom. The number of nitrogens with two attached hydrogens (primary N) is 1. The van der Waals surface area contributed by atoms with Crippen LogP contribution in [-0.2, 0) is 4.74 Å². The van der Waals surface area contributed by atoms with Crippen LogP contribution < -0.4 is 10.5 Å². The van der Waals surface area contributed by atoms with Gasteiger partial charge in [-0.25, -0.2) is 4.79 Å². The first-order valence-electron chi connectivity index (χ1n) is 4.69. The Bertz CT molecular complexity index is 361. The lowest BCUT2D eigenvalue weighted by atomic mass is 10.1. The van der Waals surface area contributed by atoms with E-state index in [2.05, 4.69) is 4.74 Å². The molecular formula is C11H15NO3. The van der Waals surface area contributed by atoms with Gasteiger partial charge in [0.15, 0.2) is 0 Å². The maximum atomic E-state index is 11.3. The molecular weight excluding hydrogens is 194 g/mol. The minimum Gasteiger partial charge on any atom is -0.491 e. The van der Waals surface area contributed by atoms with Gasteiger partial charge in [0, 0.05) is 5.69 Å². The number of nitrogen functional groups attached to an aromatic ring is 1. The number of esters is 1. The molecule has 0 saturated heterocycles. The number of methoxy groups -OCH3 is 1. The number of benzene rings is 1. The lowest BCUT2D eigenvalue weighted by Crippen LogP contribution is -2.09. The molecule has 0 amide bonds. The van der Waals surface area contributed by atoms with Gasteiger partial charge < -0.3 is 15.2 Å². The van der Waals surface area contributed by atoms with Gasteiger partial charge in [-0.3, -0.25) is 0 Å². The van der Waals surface area contributed by atoms with Gasteiger partial charge in [-0.15, -0.1) is 0 Å². The zero-order chi connectivity index (χ0) is 11.4. The molecule has 4 heteroatoms. The maximum Gasteiger partial charge on any atom is 0.340 e. The van der Waals surface area contributed by atoms with E-state index in [-0.39, 0.29) is 6.10 Å². The van der Waals surface area contributed by atoms with Gasteiger partial charge in [-0.2, -0.15) is 0 Å². The Balaban J connectivity index is 3.00. The summed E-state index contributed by atoms with van der Waals surface area (Å²) in [5.41, 5.74) is 6.36. The summed E-state index contributed by atoms with van der Waals surface area (Å²) in [7, 11) is 1.32. The van der Waals surface area contributed by atoms with Crippen LogP contribution in [0.4, 0.5) is 5.69 Å². The summed E-state index contributed by atoms with van der Waals surface area (Å²) in [6, 6.07) is 4.94. The summed E-state index contributed by atoms with van der Waals surface area (Å²) in [5, 5.41) is 0. The molecule has 1 aromatic carbocycles. The van der Waals surface area contributed by atoms with Crippen molar-refractivity contribution < 1.29 is 14.3 Å². The number of carbonyl (C=O) groups is 1. The second kappa shape index (κ2) is 4.68. The fourth-order valence-corrected chi connectivity index (χ4v) is 1.17. The SMILES string of the molecule is COC(=O)c1cc(OC(C)C)ccc1N. The third kappa shape index (κ3) is 2.87. The van der Waals surface area contributed by atoms with Crippen molar-refractivity contribution in [2.75, 3.05) is 12.8 Å². The molecule has 0 spiro atoms. The summed E-state index contributed by atoms with van der Waals surface area (Å²) in [6.45, 7) is 3.82. The lowest BCUT2D eigenvalue weighted by molar-refractivity contribution is 0.0601. The van der Waals surface area contributed by atoms with Crippen LogP contribution in [0.15, 0.2) is 18.2 Å². The summed E-state index contributed by atoms with van der Waals surface area (Å²) in [4.78, 5) is 11.3. The van der Waals surface area contributed by atoms with Gasteiger partial charge in [-0.05, 0) is 32.0 Å². The quantitative estimate of drug-likeness (QED) is 0.609. The Morgan fingerprint density at radius 2 is 2.07 bits per heavy atom. The molecule has 0 aliphatic carbocycles. The van der Waals surface area contributed by atoms with Crippen molar-refractivity contribution in [3.63, 3.8) is 0 Å². The van der Waals surface area contributed by atoms with Gasteiger partial charge in [0.25, 0.3) is 0 Å². The van der Waals surface area contributed by atoms with E-state index >= 15 is 0 Å². The molecule has 1 rings (SSSR count). The summed E-state index contributed by atoms with van der Waals surface area (Å²) < 4.78 is 10.0. The van der Waals surface area contributed by atoms with Gasteiger partial charge in [-0.1, -0.05) is 0 Å². The molecule has 0 aromatic heterocycles. The van der Waals surface area contributed by atoms with Gasteiger partial charge in [0.2, 0.25) is 0 Å². The molecule has 0 bridgehead atoms. The molecule has 82 valence electrons. The predicted molar refractivity (Wildman–Crippen MR) is 58.0 cm³/mol. The molecule has 1 aromatic rings. The van der Waals surface area contributed by atoms with Crippen LogP contribution in [0.3, 0.4) is 0 Å². The molecule has 0 saturated carbocycles. The highest BCUT2D eigenvalue weighted by atomic mass is 16.5. The largest absolute Gasteiger partial charge is 0.491 e. The molecule has 0 aliphatic rings. The van der Waals surface area contributed by atoms with Gasteiger partial charge in [0.1, 0.15) is 5.75 Å². The average Bonchev–Trinajstić information content (AvgIpc) is 2.19. The van der Waals surface area contributed by atoms with Crippen LogP contribution in [0, 0.1) is 0 Å². The molecule has 0 unspecified atom stereocenters. The third-order valence-corrected chi connectivity index (χ3v) is 1.80. The number of anilines is 1. The highest BCUT2D eigenvalue weighted by Crippen LogP contribution is 2.21. The molecule has 0 fully saturated rings. The summed E-state index contributed by atoms with van der Waals surface area (Å²) in [6.07, 6.45) is 0.0547. The highest BCUT2D eigenvalue weighted by Gasteiger charge is 2.11. The van der Waals surface area contributed by atoms with E-state index in [9.17, 15) is 4.79 Å². The zero-order valence-electron chi connectivity index (χ0n) is 9.11. The first kappa shape index (κ1) is 11.4. The van der Waals surface area contributed by atoms with E-state index in [0.717, 1.165) is 0 Å². The second-order valence-electron chi connectivity index (χ2n) is 3.41. The van der Waals surface area contributed by atoms with E-state index in [1.807, 2.05) is 13.8 Å². The first-order valence-corrected chi connectivity index (χ1v) is 4.69. The fraction of sp³-hybridized carbons (Fsp3) is 0.364. The molecule has 0 heterocycles. The van der Waals surface area contributed by atoms with Crippen molar-refractivity contribution in [1.29, 1.82) is 0 Å². The van der Waals surface area contributed by atoms with Crippen molar-refractivity contribution in [2.24, 2.45) is 0 Å². The standard InChI is InChI=1S/C11H15NO3/c1-7(2)15-8-4-5-10(12)9(6-8)11(13)14-3/h4-7H,12H2,1-3H3. The van der Waals surface area contributed by atoms with Crippen LogP contribution in [-0.4, -0.2) is 19.2 Å². The molecule has 15 heavy (non-hydrogen) atoms. The van der Waals surface area contributed by atoms with Crippen molar-refractivity contribution in [3.8, 4) is 5.75 Å². The number of rotatable bonds is 3. The minimum atomic E-state index is -0.457. The van der Waals surface area contributed by atoms with Crippen LogP contribution >= 0.6 is 0 Å². The topological polar surface area (TPSA) is 61.5 Å². The van der Waals surface area contributed by atoms with Crippen LogP contribution in [0.2, 0.25) is 0 Å². The Hall–Kier alpha value is -1.71. The second-order valence-corrected chi connectivity index (χ2v) is 3.41. The Labute approximate surface area is 89.0 Å². The average molecular weight is 209 g/mol. The third-order valence-electron chi connectivity index (χ3n) is 1.80. The minimum absolute atomic E-state index is 0.0547. The first-order chi connectivity index (χ1) is 7.04. The van der Waals surface area contributed by atoms with E-state index in [4.69, 9.17) is 10.5 Å². The molecule has 0 atom stereocenters. The normalized spacial score (nSPS) is 10.1. The number of carbonyl (C=O) groups excluding carboxylic acids is 1. The van der Waals surface area contributed by atoms with Crippen LogP contribution in [0.1, 0.15) is 24.2 Å². The molecule has 2 N–H and O–H groups in total. The van der Waals surface area contributed by atoms with Crippen LogP contribution in [0.25, 0.3) is 0 Å². The molecule has 0 aliphatic heterocycles. The van der Waals surface area contributed by atoms with Crippen molar-refractivity contribution in [3.05, 3.63) is 23.8 Å². The monoisotopic (exact) mass is 209 g/mol. The van der Waals surface area contributed by atoms with Crippen LogP contribution in [0.5, 0.6) is 5.75 Å².